The van der Waals surface area contributed by atoms with Crippen LogP contribution in [0, 0.1) is 29.5 Å². The zero-order chi connectivity index (χ0) is 20.1. The maximum absolute atomic E-state index is 14.7. The Hall–Kier alpha value is -2.43. The fourth-order valence-corrected chi connectivity index (χ4v) is 5.83. The van der Waals surface area contributed by atoms with Gasteiger partial charge in [0.05, 0.1) is 23.1 Å². The number of aromatic nitrogens is 3. The number of nitrogens with one attached hydrogen (secondary N) is 1. The molecule has 1 N–H and O–H groups in total. The molecule has 29 heavy (non-hydrogen) atoms. The van der Waals surface area contributed by atoms with Crippen molar-refractivity contribution >= 4 is 16.6 Å². The average molecular weight is 393 g/mol. The highest BCUT2D eigenvalue weighted by atomic mass is 19.1. The van der Waals surface area contributed by atoms with Gasteiger partial charge in [0.25, 0.3) is 0 Å². The smallest absolute Gasteiger partial charge is 0.163 e. The van der Waals surface area contributed by atoms with Crippen LogP contribution in [0.15, 0.2) is 30.6 Å². The summed E-state index contributed by atoms with van der Waals surface area (Å²) < 4.78 is 14.7. The highest BCUT2D eigenvalue weighted by molar-refractivity contribution is 6.00. The number of anilines is 1. The maximum Gasteiger partial charge on any atom is 0.163 e. The van der Waals surface area contributed by atoms with Gasteiger partial charge in [0, 0.05) is 31.2 Å². The predicted molar refractivity (Wildman–Crippen MR) is 115 cm³/mol. The first-order chi connectivity index (χ1) is 14.0. The van der Waals surface area contributed by atoms with E-state index in [0.717, 1.165) is 40.4 Å². The normalized spacial score (nSPS) is 26.2. The molecular formula is C24H29FN4. The van der Waals surface area contributed by atoms with E-state index >= 15 is 0 Å². The molecule has 4 nitrogen and oxygen atoms in total. The third-order valence-electron chi connectivity index (χ3n) is 7.50. The minimum Gasteiger partial charge on any atom is -0.376 e. The van der Waals surface area contributed by atoms with Crippen molar-refractivity contribution in [2.75, 3.05) is 19.0 Å². The van der Waals surface area contributed by atoms with Crippen LogP contribution in [0.2, 0.25) is 0 Å². The summed E-state index contributed by atoms with van der Waals surface area (Å²) in [5.41, 5.74) is 3.68. The van der Waals surface area contributed by atoms with E-state index in [4.69, 9.17) is 4.98 Å². The van der Waals surface area contributed by atoms with E-state index < -0.39 is 0 Å². The Balaban J connectivity index is 1.50. The average Bonchev–Trinajstić information content (AvgIpc) is 3.16. The highest BCUT2D eigenvalue weighted by Gasteiger charge is 2.41. The lowest BCUT2D eigenvalue weighted by Crippen LogP contribution is -2.39. The summed E-state index contributed by atoms with van der Waals surface area (Å²) in [5, 5.41) is 1.07. The fourth-order valence-electron chi connectivity index (χ4n) is 5.83. The number of fused-ring (bicyclic) bond motifs is 4. The van der Waals surface area contributed by atoms with Crippen LogP contribution >= 0.6 is 0 Å². The van der Waals surface area contributed by atoms with Crippen molar-refractivity contribution < 1.29 is 4.39 Å². The van der Waals surface area contributed by atoms with Crippen LogP contribution in [0.4, 0.5) is 10.1 Å². The largest absolute Gasteiger partial charge is 0.376 e. The molecule has 0 radical (unpaired) electrons. The Morgan fingerprint density at radius 2 is 1.90 bits per heavy atom. The van der Waals surface area contributed by atoms with Crippen molar-refractivity contribution in [3.63, 3.8) is 0 Å². The number of hydrogen-bond donors (Lipinski definition) is 1. The van der Waals surface area contributed by atoms with Gasteiger partial charge in [0.1, 0.15) is 0 Å². The topological polar surface area (TPSA) is 44.8 Å². The molecule has 0 spiro atoms. The van der Waals surface area contributed by atoms with E-state index in [-0.39, 0.29) is 5.82 Å². The van der Waals surface area contributed by atoms with Crippen molar-refractivity contribution in [3.05, 3.63) is 42.1 Å². The Morgan fingerprint density at radius 3 is 2.62 bits per heavy atom. The molecular weight excluding hydrogens is 363 g/mol. The zero-order valence-corrected chi connectivity index (χ0v) is 17.5. The van der Waals surface area contributed by atoms with E-state index in [1.165, 1.54) is 31.9 Å². The van der Waals surface area contributed by atoms with Crippen LogP contribution in [0.3, 0.4) is 0 Å². The van der Waals surface area contributed by atoms with Gasteiger partial charge >= 0.3 is 0 Å². The Bertz CT molecular complexity index is 1030. The van der Waals surface area contributed by atoms with Gasteiger partial charge in [-0.1, -0.05) is 19.1 Å². The summed E-state index contributed by atoms with van der Waals surface area (Å²) in [4.78, 5) is 14.5. The van der Waals surface area contributed by atoms with Crippen LogP contribution < -0.4 is 4.90 Å². The number of H-pyrrole nitrogens is 1. The second-order valence-corrected chi connectivity index (χ2v) is 9.19. The lowest BCUT2D eigenvalue weighted by Gasteiger charge is -2.47. The van der Waals surface area contributed by atoms with Crippen molar-refractivity contribution in [3.8, 4) is 11.4 Å². The maximum atomic E-state index is 14.7. The van der Waals surface area contributed by atoms with E-state index in [9.17, 15) is 4.39 Å². The third kappa shape index (κ3) is 3.11. The molecule has 0 unspecified atom stereocenters. The van der Waals surface area contributed by atoms with E-state index in [0.29, 0.717) is 23.4 Å². The quantitative estimate of drug-likeness (QED) is 0.642. The molecule has 3 aliphatic rings. The highest BCUT2D eigenvalue weighted by Crippen LogP contribution is 2.49. The number of rotatable bonds is 4. The fraction of sp³-hybridized carbons (Fsp3) is 0.500. The summed E-state index contributed by atoms with van der Waals surface area (Å²) >= 11 is 0. The van der Waals surface area contributed by atoms with Crippen molar-refractivity contribution in [1.29, 1.82) is 0 Å². The van der Waals surface area contributed by atoms with Gasteiger partial charge in [-0.15, -0.1) is 0 Å². The monoisotopic (exact) mass is 392 g/mol. The summed E-state index contributed by atoms with van der Waals surface area (Å²) in [6, 6.07) is 6.20. The molecule has 3 aromatic rings. The van der Waals surface area contributed by atoms with Crippen LogP contribution in [-0.2, 0) is 6.42 Å². The number of hydrogen-bond acceptors (Lipinski definition) is 3. The van der Waals surface area contributed by atoms with Crippen LogP contribution in [-0.4, -0.2) is 29.0 Å². The first kappa shape index (κ1) is 18.6. The second kappa shape index (κ2) is 7.12. The molecule has 0 saturated heterocycles. The van der Waals surface area contributed by atoms with E-state index in [1.807, 2.05) is 26.4 Å². The first-order valence-electron chi connectivity index (χ1n) is 10.8. The van der Waals surface area contributed by atoms with Crippen molar-refractivity contribution in [2.24, 2.45) is 23.7 Å². The predicted octanol–water partition coefficient (Wildman–Crippen LogP) is 5.44. The first-order valence-corrected chi connectivity index (χ1v) is 10.8. The summed E-state index contributed by atoms with van der Waals surface area (Å²) in [5.74, 6) is 3.09. The molecule has 0 aliphatic heterocycles. The number of benzene rings is 1. The van der Waals surface area contributed by atoms with Crippen LogP contribution in [0.1, 0.15) is 38.3 Å². The van der Waals surface area contributed by atoms with Gasteiger partial charge < -0.3 is 9.88 Å². The SMILES string of the molecule is C[C@H]1C2CCC(CC2)[C@@H]1Cc1nc(-c2c[nH]c3c(N(C)C)cccc23)ncc1F. The molecule has 3 aliphatic carbocycles. The standard InChI is InChI=1S/C24H29FN4/c1-14-15-7-9-16(10-8-15)18(14)11-21-20(25)13-27-24(28-21)19-12-26-23-17(19)5-4-6-22(23)29(2)3/h4-6,12-16,18,26H,7-11H2,1-3H3/t14-,15?,16?,18+/m0/s1. The third-order valence-corrected chi connectivity index (χ3v) is 7.50. The molecule has 2 aromatic heterocycles. The van der Waals surface area contributed by atoms with Gasteiger partial charge in [-0.05, 0) is 61.8 Å². The van der Waals surface area contributed by atoms with Crippen LogP contribution in [0.5, 0.6) is 0 Å². The summed E-state index contributed by atoms with van der Waals surface area (Å²) in [6.45, 7) is 2.36. The van der Waals surface area contributed by atoms with Gasteiger partial charge in [-0.3, -0.25) is 0 Å². The van der Waals surface area contributed by atoms with Gasteiger partial charge in [0.2, 0.25) is 0 Å². The molecule has 2 bridgehead atoms. The van der Waals surface area contributed by atoms with E-state index in [2.05, 4.69) is 33.9 Å². The van der Waals surface area contributed by atoms with Crippen molar-refractivity contribution in [1.82, 2.24) is 15.0 Å². The van der Waals surface area contributed by atoms with Gasteiger partial charge in [-0.25, -0.2) is 14.4 Å². The lowest BCUT2D eigenvalue weighted by molar-refractivity contribution is 0.0334. The van der Waals surface area contributed by atoms with Crippen LogP contribution in [0.25, 0.3) is 22.3 Å². The molecule has 2 atom stereocenters. The van der Waals surface area contributed by atoms with Gasteiger partial charge in [-0.2, -0.15) is 0 Å². The molecule has 5 heteroatoms. The molecule has 1 aromatic carbocycles. The Kier molecular flexibility index (Phi) is 4.56. The number of para-hydroxylation sites is 1. The molecule has 152 valence electrons. The molecule has 3 fully saturated rings. The number of nitrogens with zero attached hydrogens (tertiary/aromatic N) is 3. The second-order valence-electron chi connectivity index (χ2n) is 9.19. The number of aromatic amines is 1. The Labute approximate surface area is 171 Å². The molecule has 6 rings (SSSR count). The summed E-state index contributed by atoms with van der Waals surface area (Å²) in [6.07, 6.45) is 9.34. The van der Waals surface area contributed by atoms with Gasteiger partial charge in [0.15, 0.2) is 11.6 Å². The molecule has 2 heterocycles. The minimum absolute atomic E-state index is 0.267. The zero-order valence-electron chi connectivity index (χ0n) is 17.5. The van der Waals surface area contributed by atoms with E-state index in [1.54, 1.807) is 0 Å². The lowest BCUT2D eigenvalue weighted by atomic mass is 9.58. The molecule has 3 saturated carbocycles. The minimum atomic E-state index is -0.267. The Morgan fingerprint density at radius 1 is 1.14 bits per heavy atom. The number of halogens is 1. The molecule has 0 amide bonds. The van der Waals surface area contributed by atoms with Crippen molar-refractivity contribution in [2.45, 2.75) is 39.0 Å². The summed E-state index contributed by atoms with van der Waals surface area (Å²) in [7, 11) is 4.06.